The van der Waals surface area contributed by atoms with Crippen molar-refractivity contribution >= 4 is 11.9 Å². The van der Waals surface area contributed by atoms with E-state index in [-0.39, 0.29) is 18.5 Å². The number of amides is 1. The number of hydrogen-bond acceptors (Lipinski definition) is 5. The van der Waals surface area contributed by atoms with Crippen molar-refractivity contribution in [2.75, 3.05) is 32.9 Å². The average molecular weight is 490 g/mol. The van der Waals surface area contributed by atoms with E-state index in [1.165, 1.54) is 57.8 Å². The van der Waals surface area contributed by atoms with Gasteiger partial charge in [-0.3, -0.25) is 4.79 Å². The number of benzene rings is 1. The monoisotopic (exact) mass is 489 g/mol. The zero-order valence-corrected chi connectivity index (χ0v) is 22.3. The molecule has 0 N–H and O–H groups in total. The van der Waals surface area contributed by atoms with Crippen LogP contribution < -0.4 is 4.74 Å². The number of unbranched alkanes of at least 4 members (excludes halogenated alkanes) is 4. The van der Waals surface area contributed by atoms with Crippen molar-refractivity contribution in [3.8, 4) is 5.75 Å². The van der Waals surface area contributed by atoms with Crippen molar-refractivity contribution in [1.29, 1.82) is 0 Å². The maximum absolute atomic E-state index is 13.1. The van der Waals surface area contributed by atoms with E-state index in [2.05, 4.69) is 6.92 Å². The molecule has 1 saturated carbocycles. The predicted molar refractivity (Wildman–Crippen MR) is 140 cm³/mol. The van der Waals surface area contributed by atoms with Crippen molar-refractivity contribution in [2.24, 2.45) is 5.92 Å². The Hall–Kier alpha value is -2.08. The fourth-order valence-corrected chi connectivity index (χ4v) is 4.72. The van der Waals surface area contributed by atoms with Crippen LogP contribution in [0.4, 0.5) is 0 Å². The van der Waals surface area contributed by atoms with E-state index in [1.807, 2.05) is 36.1 Å². The first-order chi connectivity index (χ1) is 17.1. The lowest BCUT2D eigenvalue weighted by Gasteiger charge is -2.30. The van der Waals surface area contributed by atoms with Gasteiger partial charge < -0.3 is 19.1 Å². The van der Waals surface area contributed by atoms with E-state index in [0.717, 1.165) is 25.1 Å². The zero-order valence-electron chi connectivity index (χ0n) is 22.3. The van der Waals surface area contributed by atoms with Gasteiger partial charge >= 0.3 is 5.97 Å². The molecule has 35 heavy (non-hydrogen) atoms. The van der Waals surface area contributed by atoms with Crippen LogP contribution in [0.2, 0.25) is 0 Å². The summed E-state index contributed by atoms with van der Waals surface area (Å²) in [6, 6.07) is 7.54. The van der Waals surface area contributed by atoms with E-state index in [9.17, 15) is 9.59 Å². The highest BCUT2D eigenvalue weighted by Crippen LogP contribution is 2.25. The normalized spacial score (nSPS) is 14.9. The van der Waals surface area contributed by atoms with Gasteiger partial charge in [0.25, 0.3) is 5.91 Å². The molecule has 6 nitrogen and oxygen atoms in total. The molecule has 0 unspecified atom stereocenters. The Morgan fingerprint density at radius 1 is 0.943 bits per heavy atom. The van der Waals surface area contributed by atoms with Crippen molar-refractivity contribution in [3.63, 3.8) is 0 Å². The van der Waals surface area contributed by atoms with Crippen LogP contribution in [0.3, 0.4) is 0 Å². The summed E-state index contributed by atoms with van der Waals surface area (Å²) >= 11 is 0. The van der Waals surface area contributed by atoms with Gasteiger partial charge in [-0.05, 0) is 56.7 Å². The van der Waals surface area contributed by atoms with E-state index < -0.39 is 6.10 Å². The third-order valence-corrected chi connectivity index (χ3v) is 6.71. The Morgan fingerprint density at radius 2 is 1.66 bits per heavy atom. The smallest absolute Gasteiger partial charge is 0.335 e. The third kappa shape index (κ3) is 11.5. The molecule has 6 heteroatoms. The topological polar surface area (TPSA) is 65.1 Å². The van der Waals surface area contributed by atoms with Crippen LogP contribution in [0.5, 0.6) is 5.75 Å². The number of nitrogens with zero attached hydrogens (tertiary/aromatic N) is 1. The number of carbonyl (C=O) groups excluding carboxylic acids is 2. The molecule has 1 atom stereocenters. The van der Waals surface area contributed by atoms with Crippen molar-refractivity contribution in [3.05, 3.63) is 29.8 Å². The van der Waals surface area contributed by atoms with Crippen LogP contribution in [-0.2, 0) is 25.5 Å². The first kappa shape index (κ1) is 29.2. The fraction of sp³-hybridized carbons (Fsp3) is 0.724. The van der Waals surface area contributed by atoms with Gasteiger partial charge in [0.05, 0.1) is 6.61 Å². The molecule has 1 aromatic rings. The molecule has 0 radical (unpaired) electrons. The molecule has 2 rings (SSSR count). The van der Waals surface area contributed by atoms with Crippen LogP contribution in [0.1, 0.15) is 90.5 Å². The summed E-state index contributed by atoms with van der Waals surface area (Å²) < 4.78 is 16.5. The Balaban J connectivity index is 1.87. The lowest BCUT2D eigenvalue weighted by molar-refractivity contribution is -0.156. The molecule has 0 aliphatic heterocycles. The Kier molecular flexibility index (Phi) is 14.5. The molecule has 1 fully saturated rings. The molecule has 1 aliphatic rings. The van der Waals surface area contributed by atoms with Gasteiger partial charge in [-0.25, -0.2) is 4.79 Å². The van der Waals surface area contributed by atoms with Crippen molar-refractivity contribution < 1.29 is 23.8 Å². The standard InChI is InChI=1S/C29H47NO5/c1-4-7-8-9-13-20-30(22-25-14-11-10-12-15-25)28(31)23-35-26-18-16-24(17-19-26)21-27(33-5-2)29(32)34-6-3/h16-19,25,27H,4-15,20-23H2,1-3H3/t27-/m0/s1. The minimum absolute atomic E-state index is 0.0609. The highest BCUT2D eigenvalue weighted by molar-refractivity contribution is 5.77. The van der Waals surface area contributed by atoms with Crippen LogP contribution in [0.15, 0.2) is 24.3 Å². The predicted octanol–water partition coefficient (Wildman–Crippen LogP) is 5.96. The van der Waals surface area contributed by atoms with E-state index in [1.54, 1.807) is 6.92 Å². The summed E-state index contributed by atoms with van der Waals surface area (Å²) in [4.78, 5) is 27.2. The number of hydrogen-bond donors (Lipinski definition) is 0. The summed E-state index contributed by atoms with van der Waals surface area (Å²) in [6.45, 7) is 8.41. The molecule has 1 aliphatic carbocycles. The highest BCUT2D eigenvalue weighted by atomic mass is 16.6. The Bertz CT molecular complexity index is 714. The molecular weight excluding hydrogens is 442 g/mol. The van der Waals surface area contributed by atoms with Gasteiger partial charge in [0, 0.05) is 26.1 Å². The number of esters is 1. The molecule has 0 spiro atoms. The molecule has 1 aromatic carbocycles. The molecule has 0 aromatic heterocycles. The fourth-order valence-electron chi connectivity index (χ4n) is 4.72. The second kappa shape index (κ2) is 17.4. The molecule has 0 heterocycles. The van der Waals surface area contributed by atoms with Gasteiger partial charge in [0.1, 0.15) is 5.75 Å². The lowest BCUT2D eigenvalue weighted by atomic mass is 9.89. The summed E-state index contributed by atoms with van der Waals surface area (Å²) in [7, 11) is 0. The Morgan fingerprint density at radius 3 is 2.31 bits per heavy atom. The average Bonchev–Trinajstić information content (AvgIpc) is 2.87. The van der Waals surface area contributed by atoms with Crippen molar-refractivity contribution in [1.82, 2.24) is 4.90 Å². The summed E-state index contributed by atoms with van der Waals surface area (Å²) in [6.07, 6.45) is 12.2. The molecule has 0 saturated heterocycles. The van der Waals surface area contributed by atoms with Crippen LogP contribution in [0, 0.1) is 5.92 Å². The van der Waals surface area contributed by atoms with Gasteiger partial charge in [-0.15, -0.1) is 0 Å². The summed E-state index contributed by atoms with van der Waals surface area (Å²) in [5.74, 6) is 1.02. The highest BCUT2D eigenvalue weighted by Gasteiger charge is 2.22. The van der Waals surface area contributed by atoms with E-state index in [4.69, 9.17) is 14.2 Å². The maximum atomic E-state index is 13.1. The number of ether oxygens (including phenoxy) is 3. The molecule has 0 bridgehead atoms. The zero-order chi connectivity index (χ0) is 25.3. The second-order valence-corrected chi connectivity index (χ2v) is 9.59. The minimum atomic E-state index is -0.612. The van der Waals surface area contributed by atoms with Gasteiger partial charge in [-0.2, -0.15) is 0 Å². The number of carbonyl (C=O) groups is 2. The van der Waals surface area contributed by atoms with Crippen LogP contribution >= 0.6 is 0 Å². The summed E-state index contributed by atoms with van der Waals surface area (Å²) in [5, 5.41) is 0. The minimum Gasteiger partial charge on any atom is -0.484 e. The van der Waals surface area contributed by atoms with Crippen molar-refractivity contribution in [2.45, 2.75) is 97.5 Å². The van der Waals surface area contributed by atoms with Crippen LogP contribution in [-0.4, -0.2) is 55.8 Å². The lowest BCUT2D eigenvalue weighted by Crippen LogP contribution is -2.39. The Labute approximate surface area is 212 Å². The third-order valence-electron chi connectivity index (χ3n) is 6.71. The maximum Gasteiger partial charge on any atom is 0.335 e. The first-order valence-corrected chi connectivity index (χ1v) is 13.8. The van der Waals surface area contributed by atoms with Gasteiger partial charge in [0.15, 0.2) is 12.7 Å². The van der Waals surface area contributed by atoms with E-state index in [0.29, 0.717) is 31.3 Å². The quantitative estimate of drug-likeness (QED) is 0.200. The largest absolute Gasteiger partial charge is 0.484 e. The molecular formula is C29H47NO5. The SMILES string of the molecule is CCCCCCCN(CC1CCCCC1)C(=O)COc1ccc(C[C@H](OCC)C(=O)OCC)cc1. The van der Waals surface area contributed by atoms with Gasteiger partial charge in [0.2, 0.25) is 0 Å². The second-order valence-electron chi connectivity index (χ2n) is 9.59. The van der Waals surface area contributed by atoms with Crippen LogP contribution in [0.25, 0.3) is 0 Å². The first-order valence-electron chi connectivity index (χ1n) is 13.8. The molecule has 1 amide bonds. The summed E-state index contributed by atoms with van der Waals surface area (Å²) in [5.41, 5.74) is 0.959. The molecule has 198 valence electrons. The van der Waals surface area contributed by atoms with Gasteiger partial charge in [-0.1, -0.05) is 64.0 Å². The number of rotatable bonds is 17. The van der Waals surface area contributed by atoms with E-state index >= 15 is 0 Å².